The van der Waals surface area contributed by atoms with Crippen LogP contribution in [0.3, 0.4) is 0 Å². The Hall–Kier alpha value is -3.43. The summed E-state index contributed by atoms with van der Waals surface area (Å²) >= 11 is 0. The van der Waals surface area contributed by atoms with E-state index in [1.807, 2.05) is 0 Å². The third-order valence-corrected chi connectivity index (χ3v) is 4.37. The van der Waals surface area contributed by atoms with Crippen LogP contribution in [0, 0.1) is 5.82 Å². The minimum atomic E-state index is -4.83. The van der Waals surface area contributed by atoms with Crippen molar-refractivity contribution >= 4 is 5.91 Å². The number of nitrogens with one attached hydrogen (secondary N) is 1. The van der Waals surface area contributed by atoms with Crippen LogP contribution in [0.1, 0.15) is 38.8 Å². The number of rotatable bonds is 4. The number of hydrogen-bond donors (Lipinski definition) is 1. The van der Waals surface area contributed by atoms with Crippen molar-refractivity contribution in [3.8, 4) is 0 Å². The van der Waals surface area contributed by atoms with Crippen molar-refractivity contribution in [1.82, 2.24) is 10.3 Å². The summed E-state index contributed by atoms with van der Waals surface area (Å²) in [6.45, 7) is 0. The van der Waals surface area contributed by atoms with Crippen molar-refractivity contribution in [1.29, 1.82) is 0 Å². The standard InChI is InChI=1S/C21H13F7N2O/c22-15-9-5-13(6-10-15)19(31)30-17(12-3-7-14(8-4-12)20(23,24)25)18-16(21(26,27)28)2-1-11-29-18/h1-11,17H,(H,30,31)/t17-/m0/s1. The normalized spacial score (nSPS) is 13.0. The highest BCUT2D eigenvalue weighted by molar-refractivity contribution is 5.94. The topological polar surface area (TPSA) is 42.0 Å². The molecule has 0 unspecified atom stereocenters. The molecule has 0 fully saturated rings. The molecule has 1 heterocycles. The van der Waals surface area contributed by atoms with Crippen LogP contribution in [-0.2, 0) is 12.4 Å². The average Bonchev–Trinajstić information content (AvgIpc) is 2.71. The number of carbonyl (C=O) groups excluding carboxylic acids is 1. The zero-order chi connectivity index (χ0) is 22.8. The molecule has 0 bridgehead atoms. The van der Waals surface area contributed by atoms with Gasteiger partial charge in [0.05, 0.1) is 22.9 Å². The van der Waals surface area contributed by atoms with E-state index in [-0.39, 0.29) is 11.1 Å². The average molecular weight is 442 g/mol. The summed E-state index contributed by atoms with van der Waals surface area (Å²) in [5.74, 6) is -1.48. The highest BCUT2D eigenvalue weighted by atomic mass is 19.4. The summed E-state index contributed by atoms with van der Waals surface area (Å²) in [6.07, 6.45) is -8.40. The molecule has 0 aliphatic heterocycles. The second kappa shape index (κ2) is 8.37. The maximum atomic E-state index is 13.5. The molecule has 1 aromatic heterocycles. The van der Waals surface area contributed by atoms with Crippen molar-refractivity contribution in [2.75, 3.05) is 0 Å². The van der Waals surface area contributed by atoms with Gasteiger partial charge in [0, 0.05) is 11.8 Å². The Labute approximate surface area is 171 Å². The van der Waals surface area contributed by atoms with E-state index in [1.165, 1.54) is 0 Å². The van der Waals surface area contributed by atoms with E-state index in [0.717, 1.165) is 54.7 Å². The second-order valence-electron chi connectivity index (χ2n) is 6.47. The lowest BCUT2D eigenvalue weighted by Gasteiger charge is -2.23. The molecule has 0 spiro atoms. The van der Waals surface area contributed by atoms with Crippen molar-refractivity contribution in [2.24, 2.45) is 0 Å². The van der Waals surface area contributed by atoms with Gasteiger partial charge in [0.1, 0.15) is 5.82 Å². The lowest BCUT2D eigenvalue weighted by atomic mass is 9.97. The molecule has 0 saturated carbocycles. The number of alkyl halides is 6. The van der Waals surface area contributed by atoms with Gasteiger partial charge < -0.3 is 5.32 Å². The number of nitrogens with zero attached hydrogens (tertiary/aromatic N) is 1. The number of hydrogen-bond acceptors (Lipinski definition) is 2. The lowest BCUT2D eigenvalue weighted by molar-refractivity contribution is -0.139. The molecular formula is C21H13F7N2O. The van der Waals surface area contributed by atoms with E-state index in [4.69, 9.17) is 0 Å². The first-order valence-electron chi connectivity index (χ1n) is 8.72. The smallest absolute Gasteiger partial charge is 0.340 e. The van der Waals surface area contributed by atoms with Gasteiger partial charge in [-0.1, -0.05) is 12.1 Å². The Kier molecular flexibility index (Phi) is 6.01. The third-order valence-electron chi connectivity index (χ3n) is 4.37. The first kappa shape index (κ1) is 22.3. The number of carbonyl (C=O) groups is 1. The van der Waals surface area contributed by atoms with Gasteiger partial charge in [-0.25, -0.2) is 4.39 Å². The highest BCUT2D eigenvalue weighted by Gasteiger charge is 2.37. The third kappa shape index (κ3) is 5.19. The van der Waals surface area contributed by atoms with Gasteiger partial charge in [0.25, 0.3) is 5.91 Å². The van der Waals surface area contributed by atoms with Crippen LogP contribution in [-0.4, -0.2) is 10.9 Å². The summed E-state index contributed by atoms with van der Waals surface area (Å²) in [5.41, 5.74) is -2.85. The molecule has 3 aromatic rings. The minimum Gasteiger partial charge on any atom is -0.340 e. The van der Waals surface area contributed by atoms with Crippen molar-refractivity contribution < 1.29 is 35.5 Å². The fourth-order valence-electron chi connectivity index (χ4n) is 2.88. The van der Waals surface area contributed by atoms with Crippen LogP contribution in [0.4, 0.5) is 30.7 Å². The fraction of sp³-hybridized carbons (Fsp3) is 0.143. The van der Waals surface area contributed by atoms with E-state index in [1.54, 1.807) is 0 Å². The van der Waals surface area contributed by atoms with Crippen molar-refractivity contribution in [2.45, 2.75) is 18.4 Å². The quantitative estimate of drug-likeness (QED) is 0.521. The molecule has 1 amide bonds. The molecule has 0 radical (unpaired) electrons. The van der Waals surface area contributed by atoms with Gasteiger partial charge in [0.15, 0.2) is 0 Å². The van der Waals surface area contributed by atoms with Gasteiger partial charge in [-0.15, -0.1) is 0 Å². The summed E-state index contributed by atoms with van der Waals surface area (Å²) in [5, 5.41) is 2.35. The van der Waals surface area contributed by atoms with Gasteiger partial charge in [-0.2, -0.15) is 26.3 Å². The molecule has 162 valence electrons. The van der Waals surface area contributed by atoms with Crippen molar-refractivity contribution in [3.63, 3.8) is 0 Å². The Bertz CT molecular complexity index is 1060. The van der Waals surface area contributed by atoms with Gasteiger partial charge in [-0.05, 0) is 54.1 Å². The van der Waals surface area contributed by atoms with Crippen molar-refractivity contribution in [3.05, 3.63) is 101 Å². The first-order valence-corrected chi connectivity index (χ1v) is 8.72. The molecule has 0 saturated heterocycles. The van der Waals surface area contributed by atoms with E-state index >= 15 is 0 Å². The number of benzene rings is 2. The summed E-state index contributed by atoms with van der Waals surface area (Å²) in [4.78, 5) is 16.3. The summed E-state index contributed by atoms with van der Waals surface area (Å²) in [7, 11) is 0. The molecule has 3 nitrogen and oxygen atoms in total. The largest absolute Gasteiger partial charge is 0.418 e. The van der Waals surface area contributed by atoms with Crippen LogP contribution in [0.15, 0.2) is 66.9 Å². The second-order valence-corrected chi connectivity index (χ2v) is 6.47. The SMILES string of the molecule is O=C(N[C@@H](c1ccc(C(F)(F)F)cc1)c1ncccc1C(F)(F)F)c1ccc(F)cc1. The molecule has 31 heavy (non-hydrogen) atoms. The van der Waals surface area contributed by atoms with Crippen LogP contribution >= 0.6 is 0 Å². The van der Waals surface area contributed by atoms with E-state index in [0.29, 0.717) is 12.1 Å². The molecule has 0 aliphatic carbocycles. The number of amides is 1. The van der Waals surface area contributed by atoms with Gasteiger partial charge in [-0.3, -0.25) is 9.78 Å². The Balaban J connectivity index is 2.07. The number of aromatic nitrogens is 1. The molecular weight excluding hydrogens is 429 g/mol. The maximum Gasteiger partial charge on any atom is 0.418 e. The maximum absolute atomic E-state index is 13.5. The van der Waals surface area contributed by atoms with Crippen LogP contribution in [0.2, 0.25) is 0 Å². The minimum absolute atomic E-state index is 0.0485. The molecule has 0 aliphatic rings. The number of pyridine rings is 1. The Morgan fingerprint density at radius 2 is 1.45 bits per heavy atom. The molecule has 10 heteroatoms. The van der Waals surface area contributed by atoms with Crippen LogP contribution in [0.5, 0.6) is 0 Å². The zero-order valence-corrected chi connectivity index (χ0v) is 15.4. The van der Waals surface area contributed by atoms with Crippen LogP contribution in [0.25, 0.3) is 0 Å². The van der Waals surface area contributed by atoms with E-state index < -0.39 is 46.9 Å². The molecule has 2 aromatic carbocycles. The first-order chi connectivity index (χ1) is 14.5. The Morgan fingerprint density at radius 1 is 0.839 bits per heavy atom. The fourth-order valence-corrected chi connectivity index (χ4v) is 2.88. The Morgan fingerprint density at radius 3 is 2.00 bits per heavy atom. The van der Waals surface area contributed by atoms with Crippen LogP contribution < -0.4 is 5.32 Å². The number of halogens is 7. The molecule has 3 rings (SSSR count). The predicted octanol–water partition coefficient (Wildman–Crippen LogP) is 5.78. The highest BCUT2D eigenvalue weighted by Crippen LogP contribution is 2.36. The monoisotopic (exact) mass is 442 g/mol. The summed E-state index contributed by atoms with van der Waals surface area (Å²) in [6, 6.07) is 7.84. The van der Waals surface area contributed by atoms with E-state index in [2.05, 4.69) is 10.3 Å². The zero-order valence-electron chi connectivity index (χ0n) is 15.4. The molecule has 1 atom stereocenters. The summed E-state index contributed by atoms with van der Waals surface area (Å²) < 4.78 is 92.2. The lowest BCUT2D eigenvalue weighted by Crippen LogP contribution is -2.31. The predicted molar refractivity (Wildman–Crippen MR) is 96.4 cm³/mol. The molecule has 1 N–H and O–H groups in total. The van der Waals surface area contributed by atoms with Gasteiger partial charge in [0.2, 0.25) is 0 Å². The van der Waals surface area contributed by atoms with Gasteiger partial charge >= 0.3 is 12.4 Å². The van der Waals surface area contributed by atoms with E-state index in [9.17, 15) is 35.5 Å².